The molecule has 1 aliphatic heterocycles. The summed E-state index contributed by atoms with van der Waals surface area (Å²) in [5, 5.41) is 2.80. The van der Waals surface area contributed by atoms with Crippen LogP contribution in [0.2, 0.25) is 0 Å². The number of unbranched alkanes of at least 4 members (excludes halogenated alkanes) is 1. The largest absolute Gasteiger partial charge is 0.462 e. The van der Waals surface area contributed by atoms with Gasteiger partial charge in [-0.2, -0.15) is 0 Å². The lowest BCUT2D eigenvalue weighted by Gasteiger charge is -2.27. The van der Waals surface area contributed by atoms with Gasteiger partial charge in [-0.25, -0.2) is 19.2 Å². The lowest BCUT2D eigenvalue weighted by atomic mass is 10.1. The molecule has 1 heterocycles. The molecule has 526 valence electrons. The number of morpholine rings is 1. The molecule has 0 bridgehead atoms. The highest BCUT2D eigenvalue weighted by Crippen LogP contribution is 2.21. The van der Waals surface area contributed by atoms with E-state index in [1.807, 2.05) is 265 Å². The van der Waals surface area contributed by atoms with Crippen molar-refractivity contribution in [2.45, 2.75) is 73.0 Å². The van der Waals surface area contributed by atoms with E-state index in [9.17, 15) is 33.6 Å². The minimum absolute atomic E-state index is 0.00880. The Morgan fingerprint density at radius 1 is 0.436 bits per heavy atom. The van der Waals surface area contributed by atoms with Gasteiger partial charge in [0.2, 0.25) is 5.91 Å². The molecule has 9 rings (SSSR count). The van der Waals surface area contributed by atoms with Crippen molar-refractivity contribution in [3.05, 3.63) is 328 Å². The molecule has 0 aromatic heterocycles. The molecule has 0 saturated carbocycles. The summed E-state index contributed by atoms with van der Waals surface area (Å²) in [6.07, 6.45) is 1.81. The molecule has 0 unspecified atom stereocenters. The molecule has 3 amide bonds. The second-order valence-electron chi connectivity index (χ2n) is 23.2. The Bertz CT molecular complexity index is 3940. The lowest BCUT2D eigenvalue weighted by Crippen LogP contribution is -2.40. The van der Waals surface area contributed by atoms with Crippen molar-refractivity contribution in [3.8, 4) is 0 Å². The quantitative estimate of drug-likeness (QED) is 0.0316. The van der Waals surface area contributed by atoms with Gasteiger partial charge in [-0.1, -0.05) is 290 Å². The van der Waals surface area contributed by atoms with Crippen LogP contribution in [0.4, 0.5) is 5.69 Å². The van der Waals surface area contributed by atoms with Crippen LogP contribution in [0.1, 0.15) is 100 Å². The summed E-state index contributed by atoms with van der Waals surface area (Å²) in [5.74, 6) is -2.05. The Balaban J connectivity index is 0.000000307. The van der Waals surface area contributed by atoms with Crippen molar-refractivity contribution in [2.24, 2.45) is 5.73 Å². The van der Waals surface area contributed by atoms with Crippen molar-refractivity contribution < 1.29 is 57.2 Å². The number of benzene rings is 8. The second-order valence-corrected chi connectivity index (χ2v) is 23.2. The van der Waals surface area contributed by atoms with E-state index in [0.717, 1.165) is 57.5 Å². The van der Waals surface area contributed by atoms with Crippen LogP contribution in [0.5, 0.6) is 0 Å². The number of ether oxygens (including phenoxy) is 5. The van der Waals surface area contributed by atoms with Crippen LogP contribution in [0, 0.1) is 0 Å². The van der Waals surface area contributed by atoms with E-state index in [0.29, 0.717) is 78.5 Å². The van der Waals surface area contributed by atoms with Crippen molar-refractivity contribution in [1.82, 2.24) is 4.90 Å². The molecule has 101 heavy (non-hydrogen) atoms. The Morgan fingerprint density at radius 2 is 0.743 bits per heavy atom. The lowest BCUT2D eigenvalue weighted by molar-refractivity contribution is -0.147. The summed E-state index contributed by atoms with van der Waals surface area (Å²) in [6.45, 7) is 42.4. The van der Waals surface area contributed by atoms with Crippen LogP contribution in [-0.4, -0.2) is 97.7 Å². The van der Waals surface area contributed by atoms with Crippen LogP contribution in [0.3, 0.4) is 0 Å². The number of hydrogen-bond acceptors (Lipinski definition) is 12. The van der Waals surface area contributed by atoms with E-state index >= 15 is 0 Å². The Hall–Kier alpha value is -11.8. The zero-order valence-electron chi connectivity index (χ0n) is 59.2. The molecule has 1 saturated heterocycles. The molecule has 3 N–H and O–H groups in total. The Labute approximate surface area is 596 Å². The summed E-state index contributed by atoms with van der Waals surface area (Å²) < 4.78 is 25.3. The van der Waals surface area contributed by atoms with Crippen molar-refractivity contribution >= 4 is 86.3 Å². The van der Waals surface area contributed by atoms with E-state index in [1.54, 1.807) is 24.0 Å². The SMILES string of the molecule is C=C(C(=O)N1CCOCC1)c1ccccc1.C=C(C(=O)Nc1ccccc1)c1ccccc1.C=C(C(=O)OC(C)(C)C)c1ccccc1.C=C(C(=O)OC(C)C)c1ccccc1.C=C(C(=O)OCC)c1ccccc1.C=C(C(=O)OCCCC)c1ccccc1.C=C(C(N)=O)c1ccccc1. The number of anilines is 1. The van der Waals surface area contributed by atoms with Crippen molar-refractivity contribution in [1.29, 1.82) is 0 Å². The smallest absolute Gasteiger partial charge is 0.338 e. The van der Waals surface area contributed by atoms with Gasteiger partial charge in [0.1, 0.15) is 5.60 Å². The van der Waals surface area contributed by atoms with Gasteiger partial charge in [0.15, 0.2) is 0 Å². The highest BCUT2D eigenvalue weighted by molar-refractivity contribution is 6.24. The van der Waals surface area contributed by atoms with E-state index in [4.69, 9.17) is 29.4 Å². The fourth-order valence-electron chi connectivity index (χ4n) is 8.27. The number of hydrogen-bond donors (Lipinski definition) is 2. The minimum atomic E-state index is -0.477. The van der Waals surface area contributed by atoms with Crippen LogP contribution in [0.15, 0.2) is 289 Å². The standard InChI is InChI=1S/C15H13NO.C13H15NO2.2C13H16O2.C12H14O2.C11H12O2.C9H9NO/c1-12(13-8-4-2-5-9-13)15(17)16-14-10-6-3-7-11-14;1-11(12-5-3-2-4-6-12)13(15)14-7-9-16-10-8-14;1-10(11-8-6-5-7-9-11)12(14)15-13(2,3)4;1-3-4-10-15-13(14)11(2)12-8-6-5-7-9-12;1-9(2)14-12(13)10(3)11-7-5-4-6-8-11;1-3-13-11(12)9(2)10-7-5-4-6-8-10;1-7(9(10)11)8-5-3-2-4-6-8/h2-11H,1H2,(H,16,17);2-6H,1,7-10H2;5-9H,1H2,2-4H3;5-9H,2-4,10H2,1H3;4-9H,3H2,1-2H3;4-8H,2-3H2,1H3;2-6H,1H2,(H2,10,11). The summed E-state index contributed by atoms with van der Waals surface area (Å²) in [5.41, 5.74) is 14.1. The van der Waals surface area contributed by atoms with Gasteiger partial charge in [0.25, 0.3) is 11.8 Å². The zero-order valence-corrected chi connectivity index (χ0v) is 59.2. The predicted octanol–water partition coefficient (Wildman–Crippen LogP) is 17.1. The number of nitrogens with zero attached hydrogens (tertiary/aromatic N) is 1. The normalized spacial score (nSPS) is 10.8. The number of nitrogens with two attached hydrogens (primary N) is 1. The molecule has 0 spiro atoms. The number of carbonyl (C=O) groups is 7. The topological polar surface area (TPSA) is 207 Å². The highest BCUT2D eigenvalue weighted by Gasteiger charge is 2.21. The molecule has 0 atom stereocenters. The maximum atomic E-state index is 12.1. The molecule has 1 aliphatic rings. The van der Waals surface area contributed by atoms with E-state index in [-0.39, 0.29) is 41.8 Å². The van der Waals surface area contributed by atoms with Crippen LogP contribution in [0.25, 0.3) is 39.0 Å². The fourth-order valence-corrected chi connectivity index (χ4v) is 8.27. The molecule has 8 aromatic carbocycles. The number of rotatable bonds is 20. The summed E-state index contributed by atoms with van der Waals surface area (Å²) >= 11 is 0. The molecule has 8 aromatic rings. The number of esters is 4. The predicted molar refractivity (Wildman–Crippen MR) is 410 cm³/mol. The summed E-state index contributed by atoms with van der Waals surface area (Å²) in [4.78, 5) is 82.2. The first-order chi connectivity index (χ1) is 48.3. The zero-order chi connectivity index (χ0) is 74.5. The number of nitrogens with one attached hydrogen (secondary N) is 1. The Morgan fingerprint density at radius 3 is 1.07 bits per heavy atom. The van der Waals surface area contributed by atoms with Gasteiger partial charge in [0, 0.05) is 35.5 Å². The molecular formula is C86H95N3O12. The minimum Gasteiger partial charge on any atom is -0.462 e. The van der Waals surface area contributed by atoms with Gasteiger partial charge in [-0.05, 0) is 99.0 Å². The monoisotopic (exact) mass is 1360 g/mol. The second kappa shape index (κ2) is 46.4. The average Bonchev–Trinajstić information content (AvgIpc) is 1.24. The first-order valence-electron chi connectivity index (χ1n) is 32.8. The number of carbonyl (C=O) groups excluding carboxylic acids is 7. The molecule has 15 nitrogen and oxygen atoms in total. The van der Waals surface area contributed by atoms with Crippen LogP contribution in [-0.2, 0) is 57.2 Å². The Kier molecular flexibility index (Phi) is 38.3. The van der Waals surface area contributed by atoms with Crippen LogP contribution < -0.4 is 11.1 Å². The van der Waals surface area contributed by atoms with Gasteiger partial charge < -0.3 is 39.6 Å². The van der Waals surface area contributed by atoms with Crippen molar-refractivity contribution in [3.63, 3.8) is 0 Å². The van der Waals surface area contributed by atoms with E-state index in [2.05, 4.69) is 58.3 Å². The highest BCUT2D eigenvalue weighted by atomic mass is 16.6. The number of primary amides is 1. The summed E-state index contributed by atoms with van der Waals surface area (Å²) in [6, 6.07) is 74.7. The summed E-state index contributed by atoms with van der Waals surface area (Å²) in [7, 11) is 0. The fraction of sp³-hybridized carbons (Fsp3) is 0.198. The third-order valence-electron chi connectivity index (χ3n) is 13.7. The van der Waals surface area contributed by atoms with Gasteiger partial charge in [-0.3, -0.25) is 14.4 Å². The number of para-hydroxylation sites is 1. The maximum absolute atomic E-state index is 12.1. The average molecular weight is 1360 g/mol. The molecule has 1 fully saturated rings. The third-order valence-corrected chi connectivity index (χ3v) is 13.7. The van der Waals surface area contributed by atoms with E-state index < -0.39 is 11.5 Å². The first kappa shape index (κ1) is 83.4. The number of amides is 3. The van der Waals surface area contributed by atoms with Gasteiger partial charge >= 0.3 is 23.9 Å². The molecular weight excluding hydrogens is 1270 g/mol. The van der Waals surface area contributed by atoms with Gasteiger partial charge in [0.05, 0.1) is 54.8 Å². The van der Waals surface area contributed by atoms with E-state index in [1.165, 1.54) is 0 Å². The van der Waals surface area contributed by atoms with Crippen LogP contribution >= 0.6 is 0 Å². The third kappa shape index (κ3) is 32.9. The van der Waals surface area contributed by atoms with Gasteiger partial charge in [-0.15, -0.1) is 0 Å². The molecule has 0 radical (unpaired) electrons. The maximum Gasteiger partial charge on any atom is 0.338 e. The molecule has 15 heteroatoms. The first-order valence-corrected chi connectivity index (χ1v) is 32.8. The van der Waals surface area contributed by atoms with Crippen molar-refractivity contribution in [2.75, 3.05) is 44.8 Å². The molecule has 0 aliphatic carbocycles.